The number of nitrogens with one attached hydrogen (secondary N) is 1. The lowest BCUT2D eigenvalue weighted by molar-refractivity contribution is -0.122. The van der Waals surface area contributed by atoms with Crippen LogP contribution in [0, 0.1) is 5.82 Å². The van der Waals surface area contributed by atoms with Crippen molar-refractivity contribution in [1.29, 1.82) is 0 Å². The molecule has 0 saturated heterocycles. The molecule has 1 atom stereocenters. The number of hydrogen-bond acceptors (Lipinski definition) is 5. The quantitative estimate of drug-likeness (QED) is 0.259. The van der Waals surface area contributed by atoms with Crippen LogP contribution in [-0.4, -0.2) is 44.6 Å². The van der Waals surface area contributed by atoms with E-state index in [9.17, 15) is 22.4 Å². The highest BCUT2D eigenvalue weighted by Gasteiger charge is 2.42. The molecule has 1 heterocycles. The molecule has 41 heavy (non-hydrogen) atoms. The summed E-state index contributed by atoms with van der Waals surface area (Å²) in [5, 5.41) is 11.8. The van der Waals surface area contributed by atoms with Crippen molar-refractivity contribution >= 4 is 39.2 Å². The van der Waals surface area contributed by atoms with E-state index in [2.05, 4.69) is 5.32 Å². The molecule has 0 spiro atoms. The third-order valence-electron chi connectivity index (χ3n) is 6.66. The van der Waals surface area contributed by atoms with Gasteiger partial charge in [-0.25, -0.2) is 17.6 Å². The average molecular weight is 595 g/mol. The number of carbonyl (C=O) groups is 2. The largest absolute Gasteiger partial charge is 0.492 e. The SMILES string of the molecule is O=C(O)c1ccc(OCCNC(=O)[C@@H]2Cc3ccccc3N2S(=O)(=O)c2ccc(-c3ccc(F)cc3)cc2)cc1Cl. The fourth-order valence-corrected chi connectivity index (χ4v) is 6.55. The third kappa shape index (κ3) is 5.89. The molecule has 2 N–H and O–H groups in total. The van der Waals surface area contributed by atoms with Gasteiger partial charge in [0.1, 0.15) is 24.2 Å². The second-order valence-corrected chi connectivity index (χ2v) is 11.5. The van der Waals surface area contributed by atoms with Crippen LogP contribution in [0.15, 0.2) is 95.9 Å². The Morgan fingerprint density at radius 2 is 1.63 bits per heavy atom. The number of anilines is 1. The van der Waals surface area contributed by atoms with Crippen LogP contribution in [0.1, 0.15) is 15.9 Å². The molecule has 0 saturated carbocycles. The van der Waals surface area contributed by atoms with Crippen molar-refractivity contribution in [1.82, 2.24) is 5.32 Å². The summed E-state index contributed by atoms with van der Waals surface area (Å²) in [6, 6.07) is 22.2. The predicted octanol–water partition coefficient (Wildman–Crippen LogP) is 5.16. The molecule has 4 aromatic rings. The molecule has 5 rings (SSSR count). The first-order chi connectivity index (χ1) is 19.6. The van der Waals surface area contributed by atoms with E-state index in [-0.39, 0.29) is 40.9 Å². The van der Waals surface area contributed by atoms with Gasteiger partial charge in [-0.05, 0) is 65.2 Å². The van der Waals surface area contributed by atoms with E-state index in [4.69, 9.17) is 21.4 Å². The number of fused-ring (bicyclic) bond motifs is 1. The monoisotopic (exact) mass is 594 g/mol. The van der Waals surface area contributed by atoms with Crippen LogP contribution in [0.3, 0.4) is 0 Å². The lowest BCUT2D eigenvalue weighted by atomic mass is 10.1. The third-order valence-corrected chi connectivity index (χ3v) is 8.81. The molecule has 0 fully saturated rings. The van der Waals surface area contributed by atoms with Crippen LogP contribution >= 0.6 is 11.6 Å². The Bertz CT molecular complexity index is 1710. The van der Waals surface area contributed by atoms with Gasteiger partial charge in [0, 0.05) is 6.42 Å². The molecule has 8 nitrogen and oxygen atoms in total. The second-order valence-electron chi connectivity index (χ2n) is 9.27. The lowest BCUT2D eigenvalue weighted by Crippen LogP contribution is -2.48. The Balaban J connectivity index is 1.30. The van der Waals surface area contributed by atoms with Gasteiger partial charge in [0.15, 0.2) is 0 Å². The summed E-state index contributed by atoms with van der Waals surface area (Å²) in [6.07, 6.45) is 0.196. The fourth-order valence-electron chi connectivity index (χ4n) is 4.65. The summed E-state index contributed by atoms with van der Waals surface area (Å²) in [5.74, 6) is -1.68. The zero-order valence-corrected chi connectivity index (χ0v) is 23.0. The maximum atomic E-state index is 13.8. The van der Waals surface area contributed by atoms with Crippen LogP contribution in [0.4, 0.5) is 10.1 Å². The Labute approximate surface area is 241 Å². The number of ether oxygens (including phenoxy) is 1. The maximum absolute atomic E-state index is 13.8. The van der Waals surface area contributed by atoms with Crippen molar-refractivity contribution < 1.29 is 32.2 Å². The summed E-state index contributed by atoms with van der Waals surface area (Å²) in [4.78, 5) is 24.4. The Morgan fingerprint density at radius 1 is 0.976 bits per heavy atom. The van der Waals surface area contributed by atoms with E-state index in [1.807, 2.05) is 0 Å². The van der Waals surface area contributed by atoms with Gasteiger partial charge in [-0.1, -0.05) is 54.1 Å². The predicted molar refractivity (Wildman–Crippen MR) is 152 cm³/mol. The van der Waals surface area contributed by atoms with Crippen LogP contribution < -0.4 is 14.4 Å². The number of amides is 1. The fraction of sp³-hybridized carbons (Fsp3) is 0.133. The van der Waals surface area contributed by atoms with E-state index in [0.717, 1.165) is 21.0 Å². The van der Waals surface area contributed by atoms with Gasteiger partial charge in [0.2, 0.25) is 5.91 Å². The Hall–Kier alpha value is -4.41. The highest BCUT2D eigenvalue weighted by Crippen LogP contribution is 2.37. The summed E-state index contributed by atoms with van der Waals surface area (Å²) in [5.41, 5.74) is 2.56. The number of hydrogen-bond donors (Lipinski definition) is 2. The topological polar surface area (TPSA) is 113 Å². The molecule has 0 aromatic heterocycles. The van der Waals surface area contributed by atoms with Gasteiger partial charge < -0.3 is 15.2 Å². The van der Waals surface area contributed by atoms with Crippen molar-refractivity contribution in [2.24, 2.45) is 0 Å². The molecule has 1 aliphatic heterocycles. The highest BCUT2D eigenvalue weighted by molar-refractivity contribution is 7.93. The minimum atomic E-state index is -4.12. The molecule has 0 bridgehead atoms. The van der Waals surface area contributed by atoms with Gasteiger partial charge >= 0.3 is 5.97 Å². The van der Waals surface area contributed by atoms with Crippen molar-refractivity contribution in [2.45, 2.75) is 17.4 Å². The molecule has 4 aromatic carbocycles. The molecule has 1 amide bonds. The van der Waals surface area contributed by atoms with Crippen LogP contribution in [0.2, 0.25) is 5.02 Å². The molecule has 0 unspecified atom stereocenters. The number of halogens is 2. The van der Waals surface area contributed by atoms with E-state index >= 15 is 0 Å². The molecule has 1 aliphatic rings. The second kappa shape index (κ2) is 11.6. The van der Waals surface area contributed by atoms with Gasteiger partial charge in [-0.2, -0.15) is 0 Å². The van der Waals surface area contributed by atoms with Crippen molar-refractivity contribution in [3.8, 4) is 16.9 Å². The summed E-state index contributed by atoms with van der Waals surface area (Å²) >= 11 is 5.97. The zero-order valence-electron chi connectivity index (χ0n) is 21.5. The minimum absolute atomic E-state index is 0.0166. The standard InChI is InChI=1S/C30H24ClFN2O6S/c31-26-18-23(11-14-25(26)30(36)37)40-16-15-33-29(35)28-17-21-3-1-2-4-27(21)34(28)41(38,39)24-12-7-20(8-13-24)19-5-9-22(32)10-6-19/h1-14,18,28H,15-17H2,(H,33,35)(H,36,37)/t28-/m0/s1. The zero-order chi connectivity index (χ0) is 29.1. The Kier molecular flexibility index (Phi) is 7.96. The van der Waals surface area contributed by atoms with Crippen molar-refractivity contribution in [3.63, 3.8) is 0 Å². The molecular weight excluding hydrogens is 571 g/mol. The summed E-state index contributed by atoms with van der Waals surface area (Å²) in [6.45, 7) is 0.121. The maximum Gasteiger partial charge on any atom is 0.337 e. The highest BCUT2D eigenvalue weighted by atomic mass is 35.5. The van der Waals surface area contributed by atoms with E-state index < -0.39 is 27.9 Å². The molecule has 0 aliphatic carbocycles. The molecule has 0 radical (unpaired) electrons. The number of aromatic carboxylic acids is 1. The average Bonchev–Trinajstić information content (AvgIpc) is 3.36. The van der Waals surface area contributed by atoms with E-state index in [1.165, 1.54) is 42.5 Å². The lowest BCUT2D eigenvalue weighted by Gasteiger charge is -2.26. The smallest absolute Gasteiger partial charge is 0.337 e. The number of carboxylic acid groups (broad SMARTS) is 1. The first-order valence-electron chi connectivity index (χ1n) is 12.6. The van der Waals surface area contributed by atoms with Gasteiger partial charge in [0.05, 0.1) is 27.7 Å². The van der Waals surface area contributed by atoms with Crippen molar-refractivity contribution in [3.05, 3.63) is 113 Å². The number of para-hydroxylation sites is 1. The minimum Gasteiger partial charge on any atom is -0.492 e. The number of sulfonamides is 1. The van der Waals surface area contributed by atoms with E-state index in [1.54, 1.807) is 48.5 Å². The Morgan fingerprint density at radius 3 is 2.29 bits per heavy atom. The first-order valence-corrected chi connectivity index (χ1v) is 14.4. The van der Waals surface area contributed by atoms with Crippen LogP contribution in [0.25, 0.3) is 11.1 Å². The van der Waals surface area contributed by atoms with Gasteiger partial charge in [0.25, 0.3) is 10.0 Å². The number of carboxylic acids is 1. The first kappa shape index (κ1) is 28.1. The molecule has 11 heteroatoms. The normalized spacial score (nSPS) is 14.4. The molecular formula is C30H24ClFN2O6S. The number of rotatable bonds is 9. The number of carbonyl (C=O) groups excluding carboxylic acids is 1. The van der Waals surface area contributed by atoms with E-state index in [0.29, 0.717) is 11.4 Å². The molecule has 210 valence electrons. The van der Waals surface area contributed by atoms with Crippen LogP contribution in [0.5, 0.6) is 5.75 Å². The van der Waals surface area contributed by atoms with Gasteiger partial charge in [-0.15, -0.1) is 0 Å². The van der Waals surface area contributed by atoms with Crippen LogP contribution in [-0.2, 0) is 21.2 Å². The van der Waals surface area contributed by atoms with Crippen molar-refractivity contribution in [2.75, 3.05) is 17.5 Å². The summed E-state index contributed by atoms with van der Waals surface area (Å²) in [7, 11) is -4.12. The van der Waals surface area contributed by atoms with Gasteiger partial charge in [-0.3, -0.25) is 9.10 Å². The number of benzene rings is 4. The number of nitrogens with zero attached hydrogens (tertiary/aromatic N) is 1. The summed E-state index contributed by atoms with van der Waals surface area (Å²) < 4.78 is 47.7.